The quantitative estimate of drug-likeness (QED) is 0.506. The number of fused-ring (bicyclic) bond motifs is 1. The lowest BCUT2D eigenvalue weighted by Gasteiger charge is -2.04. The molecule has 90 valence electrons. The fraction of sp³-hybridized carbons (Fsp3) is 0. The first-order valence-corrected chi connectivity index (χ1v) is 8.16. The van der Waals surface area contributed by atoms with Crippen LogP contribution < -0.4 is 0 Å². The van der Waals surface area contributed by atoms with Crippen molar-refractivity contribution in [1.82, 2.24) is 4.98 Å². The van der Waals surface area contributed by atoms with Crippen LogP contribution in [-0.2, 0) is 0 Å². The summed E-state index contributed by atoms with van der Waals surface area (Å²) in [6.45, 7) is 0. The van der Waals surface area contributed by atoms with Crippen LogP contribution in [0.5, 0.6) is 5.75 Å². The van der Waals surface area contributed by atoms with Crippen LogP contribution >= 0.6 is 56.5 Å². The molecule has 1 heterocycles. The van der Waals surface area contributed by atoms with Crippen LogP contribution in [0.15, 0.2) is 36.4 Å². The molecule has 0 unspecified atom stereocenters. The van der Waals surface area contributed by atoms with Gasteiger partial charge in [0, 0.05) is 3.57 Å². The number of para-hydroxylation sites is 1. The van der Waals surface area contributed by atoms with E-state index in [1.165, 1.54) is 0 Å². The van der Waals surface area contributed by atoms with E-state index in [0.29, 0.717) is 5.75 Å². The van der Waals surface area contributed by atoms with E-state index in [-0.39, 0.29) is 0 Å². The third-order valence-corrected chi connectivity index (χ3v) is 5.07. The molecular weight excluding hydrogens is 472 g/mol. The number of rotatable bonds is 1. The van der Waals surface area contributed by atoms with Crippen molar-refractivity contribution in [2.45, 2.75) is 0 Å². The Morgan fingerprint density at radius 1 is 1.11 bits per heavy atom. The molecule has 3 aromatic rings. The molecule has 0 aliphatic rings. The minimum absolute atomic E-state index is 0.315. The highest BCUT2D eigenvalue weighted by Gasteiger charge is 2.13. The van der Waals surface area contributed by atoms with Gasteiger partial charge in [0.15, 0.2) is 0 Å². The highest BCUT2D eigenvalue weighted by atomic mass is 127. The van der Waals surface area contributed by atoms with Crippen LogP contribution in [0.25, 0.3) is 20.8 Å². The summed E-state index contributed by atoms with van der Waals surface area (Å²) in [5.41, 5.74) is 1.79. The van der Waals surface area contributed by atoms with Crippen LogP contribution in [0, 0.1) is 7.14 Å². The predicted molar refractivity (Wildman–Crippen MR) is 92.2 cm³/mol. The van der Waals surface area contributed by atoms with Gasteiger partial charge in [-0.15, -0.1) is 11.3 Å². The fourth-order valence-electron chi connectivity index (χ4n) is 1.72. The van der Waals surface area contributed by atoms with Gasteiger partial charge in [0.1, 0.15) is 10.8 Å². The number of hydrogen-bond donors (Lipinski definition) is 1. The van der Waals surface area contributed by atoms with Crippen molar-refractivity contribution in [2.24, 2.45) is 0 Å². The number of phenols is 1. The second-order valence-corrected chi connectivity index (χ2v) is 7.21. The molecule has 0 bridgehead atoms. The number of phenolic OH excluding ortho intramolecular Hbond substituents is 1. The zero-order valence-electron chi connectivity index (χ0n) is 9.02. The van der Waals surface area contributed by atoms with Crippen LogP contribution in [0.2, 0.25) is 0 Å². The van der Waals surface area contributed by atoms with Gasteiger partial charge in [-0.1, -0.05) is 12.1 Å². The molecule has 5 heteroatoms. The summed E-state index contributed by atoms with van der Waals surface area (Å²) in [5.74, 6) is 0.315. The summed E-state index contributed by atoms with van der Waals surface area (Å²) in [7, 11) is 0. The normalized spacial score (nSPS) is 11.0. The van der Waals surface area contributed by atoms with Crippen LogP contribution in [0.1, 0.15) is 0 Å². The number of aromatic nitrogens is 1. The van der Waals surface area contributed by atoms with Gasteiger partial charge in [0.2, 0.25) is 0 Å². The van der Waals surface area contributed by atoms with E-state index in [1.807, 2.05) is 36.4 Å². The number of aromatic hydroxyl groups is 1. The van der Waals surface area contributed by atoms with Crippen LogP contribution in [-0.4, -0.2) is 10.1 Å². The van der Waals surface area contributed by atoms with Gasteiger partial charge in [0.05, 0.1) is 19.4 Å². The molecule has 0 aliphatic heterocycles. The molecule has 0 radical (unpaired) electrons. The summed E-state index contributed by atoms with van der Waals surface area (Å²) in [6, 6.07) is 11.9. The maximum atomic E-state index is 10.2. The van der Waals surface area contributed by atoms with Crippen molar-refractivity contribution in [1.29, 1.82) is 0 Å². The lowest BCUT2D eigenvalue weighted by Crippen LogP contribution is -1.84. The van der Waals surface area contributed by atoms with Crippen molar-refractivity contribution in [2.75, 3.05) is 0 Å². The molecule has 1 aromatic heterocycles. The molecule has 18 heavy (non-hydrogen) atoms. The van der Waals surface area contributed by atoms with Crippen molar-refractivity contribution in [3.63, 3.8) is 0 Å². The van der Waals surface area contributed by atoms with E-state index >= 15 is 0 Å². The number of benzene rings is 2. The summed E-state index contributed by atoms with van der Waals surface area (Å²) >= 11 is 6.00. The van der Waals surface area contributed by atoms with Crippen molar-refractivity contribution in [3.8, 4) is 16.3 Å². The molecule has 0 atom stereocenters. The SMILES string of the molecule is Oc1c(I)cc(I)cc1-c1nc2ccccc2s1. The van der Waals surface area contributed by atoms with Gasteiger partial charge in [-0.2, -0.15) is 0 Å². The standard InChI is InChI=1S/C13H7I2NOS/c14-7-5-8(12(17)9(15)6-7)13-16-10-3-1-2-4-11(10)18-13/h1-6,17H. The molecule has 0 aliphatic carbocycles. The van der Waals surface area contributed by atoms with Crippen molar-refractivity contribution < 1.29 is 5.11 Å². The maximum absolute atomic E-state index is 10.2. The fourth-order valence-corrected chi connectivity index (χ4v) is 4.54. The first-order chi connectivity index (χ1) is 8.65. The van der Waals surface area contributed by atoms with E-state index in [4.69, 9.17) is 0 Å². The molecule has 2 nitrogen and oxygen atoms in total. The largest absolute Gasteiger partial charge is 0.506 e. The molecule has 1 N–H and O–H groups in total. The Hall–Kier alpha value is -0.410. The van der Waals surface area contributed by atoms with E-state index in [0.717, 1.165) is 27.9 Å². The average Bonchev–Trinajstić information content (AvgIpc) is 2.77. The molecule has 0 amide bonds. The summed E-state index contributed by atoms with van der Waals surface area (Å²) in [5, 5.41) is 11.0. The minimum Gasteiger partial charge on any atom is -0.506 e. The number of thiazole rings is 1. The number of nitrogens with zero attached hydrogens (tertiary/aromatic N) is 1. The molecular formula is C13H7I2NOS. The first kappa shape index (κ1) is 12.6. The smallest absolute Gasteiger partial charge is 0.139 e. The Balaban J connectivity index is 2.26. The highest BCUT2D eigenvalue weighted by Crippen LogP contribution is 2.38. The van der Waals surface area contributed by atoms with Crippen LogP contribution in [0.4, 0.5) is 0 Å². The van der Waals surface area contributed by atoms with Crippen molar-refractivity contribution >= 4 is 66.7 Å². The van der Waals surface area contributed by atoms with Gasteiger partial charge in [0.25, 0.3) is 0 Å². The third-order valence-electron chi connectivity index (χ3n) is 2.55. The van der Waals surface area contributed by atoms with Gasteiger partial charge in [-0.25, -0.2) is 4.98 Å². The third kappa shape index (κ3) is 2.23. The van der Waals surface area contributed by atoms with E-state index < -0.39 is 0 Å². The second kappa shape index (κ2) is 4.93. The topological polar surface area (TPSA) is 33.1 Å². The lowest BCUT2D eigenvalue weighted by atomic mass is 10.2. The Kier molecular flexibility index (Phi) is 3.46. The van der Waals surface area contributed by atoms with Crippen molar-refractivity contribution in [3.05, 3.63) is 43.5 Å². The zero-order chi connectivity index (χ0) is 12.7. The summed E-state index contributed by atoms with van der Waals surface area (Å²) in [6.07, 6.45) is 0. The number of hydrogen-bond acceptors (Lipinski definition) is 3. The monoisotopic (exact) mass is 479 g/mol. The Morgan fingerprint density at radius 2 is 1.89 bits per heavy atom. The highest BCUT2D eigenvalue weighted by molar-refractivity contribution is 14.1. The molecule has 0 saturated carbocycles. The zero-order valence-corrected chi connectivity index (χ0v) is 14.2. The second-order valence-electron chi connectivity index (χ2n) is 3.77. The van der Waals surface area contributed by atoms with E-state index in [9.17, 15) is 5.11 Å². The Morgan fingerprint density at radius 3 is 2.67 bits per heavy atom. The Labute approximate surface area is 135 Å². The Bertz CT molecular complexity index is 706. The van der Waals surface area contributed by atoms with E-state index in [1.54, 1.807) is 11.3 Å². The minimum atomic E-state index is 0.315. The van der Waals surface area contributed by atoms with Gasteiger partial charge in [-0.3, -0.25) is 0 Å². The first-order valence-electron chi connectivity index (χ1n) is 5.19. The molecule has 0 fully saturated rings. The predicted octanol–water partition coefficient (Wildman–Crippen LogP) is 4.88. The van der Waals surface area contributed by atoms with Crippen LogP contribution in [0.3, 0.4) is 0 Å². The number of halogens is 2. The summed E-state index contributed by atoms with van der Waals surface area (Å²) in [4.78, 5) is 4.58. The van der Waals surface area contributed by atoms with Gasteiger partial charge < -0.3 is 5.11 Å². The molecule has 0 spiro atoms. The van der Waals surface area contributed by atoms with Gasteiger partial charge in [-0.05, 0) is 69.4 Å². The lowest BCUT2D eigenvalue weighted by molar-refractivity contribution is 0.473. The molecule has 3 rings (SSSR count). The van der Waals surface area contributed by atoms with Gasteiger partial charge >= 0.3 is 0 Å². The average molecular weight is 479 g/mol. The molecule has 0 saturated heterocycles. The maximum Gasteiger partial charge on any atom is 0.139 e. The van der Waals surface area contributed by atoms with E-state index in [2.05, 4.69) is 50.2 Å². The summed E-state index contributed by atoms with van der Waals surface area (Å²) < 4.78 is 3.10. The molecule has 2 aromatic carbocycles.